The predicted octanol–water partition coefficient (Wildman–Crippen LogP) is 4.38. The zero-order chi connectivity index (χ0) is 21.9. The molecule has 3 unspecified atom stereocenters. The molecule has 0 aromatic carbocycles. The molecule has 0 N–H and O–H groups in total. The van der Waals surface area contributed by atoms with Crippen LogP contribution in [0.3, 0.4) is 0 Å². The molecule has 0 spiro atoms. The summed E-state index contributed by atoms with van der Waals surface area (Å²) >= 11 is 0. The minimum absolute atomic E-state index is 0.167. The Labute approximate surface area is 183 Å². The van der Waals surface area contributed by atoms with Gasteiger partial charge >= 0.3 is 0 Å². The van der Waals surface area contributed by atoms with E-state index in [0.717, 1.165) is 37.9 Å². The number of unbranched alkanes of at least 4 members (excludes halogenated alkanes) is 1. The fourth-order valence-corrected chi connectivity index (χ4v) is 7.40. The molecule has 30 heavy (non-hydrogen) atoms. The number of nitrogens with zero attached hydrogens (tertiary/aromatic N) is 1. The van der Waals surface area contributed by atoms with Crippen LogP contribution in [0, 0.1) is 22.7 Å². The van der Waals surface area contributed by atoms with E-state index in [1.807, 2.05) is 21.1 Å². The third-order valence-corrected chi connectivity index (χ3v) is 8.61. The minimum Gasteiger partial charge on any atom is -0.756 e. The SMILES string of the molecule is CCCCOCCC12CC3CC(C1)CC(CCOP(=O)([O-])OCC[N+](C)(C)C)(C3)C2. The maximum Gasteiger partial charge on any atom is 0.268 e. The molecule has 0 aliphatic heterocycles. The molecule has 4 aliphatic rings. The highest BCUT2D eigenvalue weighted by molar-refractivity contribution is 7.45. The Hall–Kier alpha value is 0.0300. The van der Waals surface area contributed by atoms with Crippen molar-refractivity contribution in [1.29, 1.82) is 0 Å². The Kier molecular flexibility index (Phi) is 8.13. The van der Waals surface area contributed by atoms with Gasteiger partial charge in [0.25, 0.3) is 7.82 Å². The van der Waals surface area contributed by atoms with Gasteiger partial charge in [0.2, 0.25) is 0 Å². The zero-order valence-electron chi connectivity index (χ0n) is 19.7. The molecule has 0 radical (unpaired) electrons. The second-order valence-electron chi connectivity index (χ2n) is 11.6. The number of likely N-dealkylation sites (N-methyl/N-ethyl adjacent to an activating group) is 1. The van der Waals surface area contributed by atoms with Crippen LogP contribution in [0.4, 0.5) is 0 Å². The topological polar surface area (TPSA) is 67.8 Å². The highest BCUT2D eigenvalue weighted by Gasteiger charge is 2.56. The van der Waals surface area contributed by atoms with E-state index in [9.17, 15) is 9.46 Å². The van der Waals surface area contributed by atoms with Crippen molar-refractivity contribution in [2.24, 2.45) is 22.7 Å². The monoisotopic (exact) mass is 445 g/mol. The van der Waals surface area contributed by atoms with Gasteiger partial charge in [-0.25, -0.2) is 0 Å². The van der Waals surface area contributed by atoms with E-state index in [1.165, 1.54) is 51.4 Å². The lowest BCUT2D eigenvalue weighted by molar-refractivity contribution is -0.870. The van der Waals surface area contributed by atoms with Crippen molar-refractivity contribution in [2.45, 2.75) is 71.1 Å². The lowest BCUT2D eigenvalue weighted by Gasteiger charge is -2.62. The van der Waals surface area contributed by atoms with Crippen molar-refractivity contribution in [3.05, 3.63) is 0 Å². The summed E-state index contributed by atoms with van der Waals surface area (Å²) in [4.78, 5) is 12.2. The quantitative estimate of drug-likeness (QED) is 0.226. The molecule has 0 aromatic heterocycles. The van der Waals surface area contributed by atoms with Gasteiger partial charge in [-0.2, -0.15) is 0 Å². The van der Waals surface area contributed by atoms with Crippen LogP contribution in [-0.4, -0.2) is 58.6 Å². The third kappa shape index (κ3) is 7.02. The lowest BCUT2D eigenvalue weighted by Crippen LogP contribution is -2.52. The molecule has 0 amide bonds. The Morgan fingerprint density at radius 1 is 0.933 bits per heavy atom. The van der Waals surface area contributed by atoms with Gasteiger partial charge in [-0.15, -0.1) is 0 Å². The number of hydrogen-bond acceptors (Lipinski definition) is 5. The maximum absolute atomic E-state index is 12.2. The van der Waals surface area contributed by atoms with E-state index in [1.54, 1.807) is 0 Å². The van der Waals surface area contributed by atoms with Crippen molar-refractivity contribution in [3.8, 4) is 0 Å². The Morgan fingerprint density at radius 2 is 1.50 bits per heavy atom. The van der Waals surface area contributed by atoms with Crippen LogP contribution in [0.5, 0.6) is 0 Å². The smallest absolute Gasteiger partial charge is 0.268 e. The summed E-state index contributed by atoms with van der Waals surface area (Å²) in [7, 11) is 1.82. The number of quaternary nitrogens is 1. The van der Waals surface area contributed by atoms with Crippen molar-refractivity contribution in [1.82, 2.24) is 0 Å². The first-order valence-corrected chi connectivity index (χ1v) is 13.5. The van der Waals surface area contributed by atoms with Crippen molar-refractivity contribution < 1.29 is 27.7 Å². The number of ether oxygens (including phenoxy) is 1. The van der Waals surface area contributed by atoms with Gasteiger partial charge in [-0.05, 0) is 80.5 Å². The van der Waals surface area contributed by atoms with E-state index >= 15 is 0 Å². The molecule has 0 aromatic rings. The first-order valence-electron chi connectivity index (χ1n) is 12.0. The number of rotatable bonds is 14. The van der Waals surface area contributed by atoms with Crippen LogP contribution >= 0.6 is 7.82 Å². The van der Waals surface area contributed by atoms with Crippen LogP contribution < -0.4 is 4.89 Å². The maximum atomic E-state index is 12.2. The van der Waals surface area contributed by atoms with E-state index in [2.05, 4.69) is 6.92 Å². The van der Waals surface area contributed by atoms with E-state index in [-0.39, 0.29) is 18.6 Å². The van der Waals surface area contributed by atoms with Gasteiger partial charge in [0, 0.05) is 13.2 Å². The molecule has 0 heterocycles. The summed E-state index contributed by atoms with van der Waals surface area (Å²) in [5.74, 6) is 1.61. The van der Waals surface area contributed by atoms with E-state index in [0.29, 0.717) is 16.4 Å². The molecule has 176 valence electrons. The first kappa shape index (κ1) is 24.7. The molecule has 0 saturated heterocycles. The summed E-state index contributed by atoms with van der Waals surface area (Å²) in [6.07, 6.45) is 12.1. The Morgan fingerprint density at radius 3 is 2.07 bits per heavy atom. The van der Waals surface area contributed by atoms with Gasteiger partial charge in [0.1, 0.15) is 13.2 Å². The second-order valence-corrected chi connectivity index (χ2v) is 13.0. The fraction of sp³-hybridized carbons (Fsp3) is 1.00. The minimum atomic E-state index is -4.21. The number of phosphoric ester groups is 1. The van der Waals surface area contributed by atoms with Crippen LogP contribution in [0.25, 0.3) is 0 Å². The summed E-state index contributed by atoms with van der Waals surface area (Å²) < 4.78 is 29.1. The lowest BCUT2D eigenvalue weighted by atomic mass is 9.43. The molecule has 4 fully saturated rings. The molecule has 4 rings (SSSR count). The Bertz CT molecular complexity index is 591. The normalized spacial score (nSPS) is 35.0. The van der Waals surface area contributed by atoms with Crippen molar-refractivity contribution in [2.75, 3.05) is 54.1 Å². The van der Waals surface area contributed by atoms with Crippen molar-refractivity contribution in [3.63, 3.8) is 0 Å². The average Bonchev–Trinajstić information content (AvgIpc) is 2.58. The molecular weight excluding hydrogens is 401 g/mol. The number of hydrogen-bond donors (Lipinski definition) is 0. The predicted molar refractivity (Wildman–Crippen MR) is 117 cm³/mol. The van der Waals surface area contributed by atoms with Gasteiger partial charge in [-0.3, -0.25) is 4.57 Å². The standard InChI is InChI=1S/C23H44NO5P/c1-5-6-10-27-11-7-22-15-20-14-21(16-22)18-23(17-20,19-22)8-12-28-30(25,26)29-13-9-24(2,3)4/h20-21H,5-19H2,1-4H3. The van der Waals surface area contributed by atoms with Gasteiger partial charge < -0.3 is 23.2 Å². The summed E-state index contributed by atoms with van der Waals surface area (Å²) in [6, 6.07) is 0. The third-order valence-electron chi connectivity index (χ3n) is 7.62. The highest BCUT2D eigenvalue weighted by Crippen LogP contribution is 2.67. The van der Waals surface area contributed by atoms with Gasteiger partial charge in [0.05, 0.1) is 27.7 Å². The molecule has 7 heteroatoms. The Balaban J connectivity index is 1.48. The zero-order valence-corrected chi connectivity index (χ0v) is 20.6. The van der Waals surface area contributed by atoms with E-state index < -0.39 is 7.82 Å². The van der Waals surface area contributed by atoms with Crippen LogP contribution in [-0.2, 0) is 18.3 Å². The molecule has 4 saturated carbocycles. The fourth-order valence-electron chi connectivity index (χ4n) is 6.71. The van der Waals surface area contributed by atoms with E-state index in [4.69, 9.17) is 13.8 Å². The summed E-state index contributed by atoms with van der Waals surface area (Å²) in [5, 5.41) is 0. The molecule has 4 bridgehead atoms. The van der Waals surface area contributed by atoms with Crippen molar-refractivity contribution >= 4 is 7.82 Å². The molecular formula is C23H44NO5P. The molecule has 3 atom stereocenters. The average molecular weight is 446 g/mol. The molecule has 4 aliphatic carbocycles. The van der Waals surface area contributed by atoms with Crippen LogP contribution in [0.2, 0.25) is 0 Å². The van der Waals surface area contributed by atoms with Gasteiger partial charge in [0.15, 0.2) is 0 Å². The summed E-state index contributed by atoms with van der Waals surface area (Å²) in [6.45, 7) is 5.01. The number of phosphoric acid groups is 1. The molecule has 6 nitrogen and oxygen atoms in total. The van der Waals surface area contributed by atoms with Gasteiger partial charge in [-0.1, -0.05) is 13.3 Å². The highest BCUT2D eigenvalue weighted by atomic mass is 31.2. The summed E-state index contributed by atoms with van der Waals surface area (Å²) in [5.41, 5.74) is 0.675. The van der Waals surface area contributed by atoms with Crippen LogP contribution in [0.15, 0.2) is 0 Å². The largest absolute Gasteiger partial charge is 0.756 e. The second kappa shape index (κ2) is 9.89. The van der Waals surface area contributed by atoms with Crippen LogP contribution in [0.1, 0.15) is 71.1 Å². The first-order chi connectivity index (χ1) is 14.0.